The number of nitrogens with zero attached hydrogens (tertiary/aromatic N) is 2. The van der Waals surface area contributed by atoms with E-state index in [1.165, 1.54) is 16.8 Å². The molecule has 0 aromatic heterocycles. The van der Waals surface area contributed by atoms with Gasteiger partial charge in [-0.05, 0) is 41.7 Å². The highest BCUT2D eigenvalue weighted by atomic mass is 15.1. The van der Waals surface area contributed by atoms with E-state index in [1.54, 1.807) is 0 Å². The second-order valence-corrected chi connectivity index (χ2v) is 4.70. The Kier molecular flexibility index (Phi) is 3.95. The molecule has 0 spiro atoms. The Bertz CT molecular complexity index is 411. The van der Waals surface area contributed by atoms with Gasteiger partial charge in [-0.15, -0.1) is 0 Å². The zero-order valence-electron chi connectivity index (χ0n) is 10.8. The molecule has 1 rings (SSSR count). The molecule has 0 heterocycles. The van der Waals surface area contributed by atoms with Crippen LogP contribution in [0.4, 0.5) is 5.69 Å². The summed E-state index contributed by atoms with van der Waals surface area (Å²) in [6.07, 6.45) is 0.493. The van der Waals surface area contributed by atoms with E-state index >= 15 is 0 Å². The lowest BCUT2D eigenvalue weighted by Crippen LogP contribution is -2.11. The summed E-state index contributed by atoms with van der Waals surface area (Å²) in [5, 5.41) is 8.84. The Labute approximate surface area is 98.5 Å². The first-order chi connectivity index (χ1) is 7.47. The van der Waals surface area contributed by atoms with E-state index in [0.717, 1.165) is 5.56 Å². The molecule has 86 valence electrons. The highest BCUT2D eigenvalue weighted by Crippen LogP contribution is 2.27. The normalized spacial score (nSPS) is 10.3. The Hall–Kier alpha value is -1.49. The van der Waals surface area contributed by atoms with Crippen LogP contribution in [-0.4, -0.2) is 14.1 Å². The van der Waals surface area contributed by atoms with E-state index in [9.17, 15) is 0 Å². The van der Waals surface area contributed by atoms with Crippen LogP contribution in [0.25, 0.3) is 0 Å². The van der Waals surface area contributed by atoms with Gasteiger partial charge in [0.1, 0.15) is 0 Å². The maximum atomic E-state index is 8.84. The minimum absolute atomic E-state index is 0.493. The van der Waals surface area contributed by atoms with Gasteiger partial charge in [0.25, 0.3) is 0 Å². The Morgan fingerprint density at radius 1 is 1.31 bits per heavy atom. The van der Waals surface area contributed by atoms with Gasteiger partial charge >= 0.3 is 0 Å². The summed E-state index contributed by atoms with van der Waals surface area (Å²) in [6, 6.07) is 6.58. The lowest BCUT2D eigenvalue weighted by Gasteiger charge is -2.20. The van der Waals surface area contributed by atoms with Crippen LogP contribution in [0, 0.1) is 18.3 Å². The van der Waals surface area contributed by atoms with Crippen LogP contribution in [-0.2, 0) is 6.42 Å². The highest BCUT2D eigenvalue weighted by Gasteiger charge is 2.10. The quantitative estimate of drug-likeness (QED) is 0.775. The Morgan fingerprint density at radius 2 is 1.94 bits per heavy atom. The van der Waals surface area contributed by atoms with Crippen LogP contribution in [0.5, 0.6) is 0 Å². The van der Waals surface area contributed by atoms with E-state index in [1.807, 2.05) is 14.1 Å². The summed E-state index contributed by atoms with van der Waals surface area (Å²) in [6.45, 7) is 6.50. The van der Waals surface area contributed by atoms with E-state index in [4.69, 9.17) is 5.26 Å². The van der Waals surface area contributed by atoms with E-state index in [-0.39, 0.29) is 0 Å². The summed E-state index contributed by atoms with van der Waals surface area (Å²) < 4.78 is 0. The van der Waals surface area contributed by atoms with Crippen molar-refractivity contribution in [3.05, 3.63) is 28.8 Å². The summed E-state index contributed by atoms with van der Waals surface area (Å²) >= 11 is 0. The molecule has 0 saturated heterocycles. The molecule has 0 atom stereocenters. The van der Waals surface area contributed by atoms with Crippen LogP contribution in [0.3, 0.4) is 0 Å². The fourth-order valence-corrected chi connectivity index (χ4v) is 1.91. The van der Waals surface area contributed by atoms with Gasteiger partial charge in [-0.25, -0.2) is 0 Å². The maximum absolute atomic E-state index is 8.84. The maximum Gasteiger partial charge on any atom is 0.0669 e. The molecule has 16 heavy (non-hydrogen) atoms. The van der Waals surface area contributed by atoms with Gasteiger partial charge in [0.15, 0.2) is 0 Å². The third-order valence-electron chi connectivity index (χ3n) is 2.95. The predicted octanol–water partition coefficient (Wildman–Crippen LogP) is 3.25. The SMILES string of the molecule is Cc1c(CC#N)cc(N(C)C)cc1C(C)C. The Morgan fingerprint density at radius 3 is 2.38 bits per heavy atom. The molecule has 0 radical (unpaired) electrons. The van der Waals surface area contributed by atoms with Gasteiger partial charge in [0, 0.05) is 19.8 Å². The third-order valence-corrected chi connectivity index (χ3v) is 2.95. The summed E-state index contributed by atoms with van der Waals surface area (Å²) in [5.41, 5.74) is 4.94. The molecular weight excluding hydrogens is 196 g/mol. The third kappa shape index (κ3) is 2.55. The molecule has 0 amide bonds. The van der Waals surface area contributed by atoms with Crippen LogP contribution in [0.2, 0.25) is 0 Å². The van der Waals surface area contributed by atoms with Gasteiger partial charge in [0.05, 0.1) is 12.5 Å². The van der Waals surface area contributed by atoms with Crippen LogP contribution in [0.15, 0.2) is 12.1 Å². The smallest absolute Gasteiger partial charge is 0.0669 e. The first-order valence-corrected chi connectivity index (χ1v) is 5.65. The fourth-order valence-electron chi connectivity index (χ4n) is 1.91. The van der Waals surface area contributed by atoms with Crippen molar-refractivity contribution in [2.24, 2.45) is 0 Å². The number of hydrogen-bond acceptors (Lipinski definition) is 2. The topological polar surface area (TPSA) is 27.0 Å². The molecule has 0 unspecified atom stereocenters. The first kappa shape index (κ1) is 12.6. The van der Waals surface area contributed by atoms with Gasteiger partial charge in [-0.3, -0.25) is 0 Å². The minimum atomic E-state index is 0.493. The summed E-state index contributed by atoms with van der Waals surface area (Å²) in [5.74, 6) is 0.498. The molecule has 1 aromatic rings. The van der Waals surface area contributed by atoms with Crippen molar-refractivity contribution < 1.29 is 0 Å². The zero-order valence-corrected chi connectivity index (χ0v) is 10.8. The molecule has 0 aliphatic heterocycles. The van der Waals surface area contributed by atoms with Gasteiger partial charge < -0.3 is 4.90 Å². The molecule has 0 saturated carbocycles. The summed E-state index contributed by atoms with van der Waals surface area (Å²) in [4.78, 5) is 2.09. The molecule has 1 aromatic carbocycles. The fraction of sp³-hybridized carbons (Fsp3) is 0.500. The molecule has 2 nitrogen and oxygen atoms in total. The molecule has 0 fully saturated rings. The number of hydrogen-bond donors (Lipinski definition) is 0. The van der Waals surface area contributed by atoms with Crippen LogP contribution in [0.1, 0.15) is 36.5 Å². The average molecular weight is 216 g/mol. The highest BCUT2D eigenvalue weighted by molar-refractivity contribution is 5.54. The number of benzene rings is 1. The van der Waals surface area contributed by atoms with Crippen molar-refractivity contribution in [2.45, 2.75) is 33.1 Å². The molecule has 0 aliphatic rings. The molecular formula is C14H20N2. The molecule has 0 bridgehead atoms. The van der Waals surface area contributed by atoms with Crippen molar-refractivity contribution in [3.63, 3.8) is 0 Å². The predicted molar refractivity (Wildman–Crippen MR) is 68.9 cm³/mol. The van der Waals surface area contributed by atoms with Gasteiger partial charge in [0.2, 0.25) is 0 Å². The van der Waals surface area contributed by atoms with Crippen molar-refractivity contribution in [3.8, 4) is 6.07 Å². The van der Waals surface area contributed by atoms with E-state index < -0.39 is 0 Å². The first-order valence-electron chi connectivity index (χ1n) is 5.65. The molecule has 0 N–H and O–H groups in total. The van der Waals surface area contributed by atoms with E-state index in [0.29, 0.717) is 12.3 Å². The van der Waals surface area contributed by atoms with Crippen molar-refractivity contribution >= 4 is 5.69 Å². The lowest BCUT2D eigenvalue weighted by molar-refractivity contribution is 0.850. The van der Waals surface area contributed by atoms with Crippen LogP contribution >= 0.6 is 0 Å². The lowest BCUT2D eigenvalue weighted by atomic mass is 9.92. The number of anilines is 1. The average Bonchev–Trinajstić information content (AvgIpc) is 2.20. The monoisotopic (exact) mass is 216 g/mol. The summed E-state index contributed by atoms with van der Waals surface area (Å²) in [7, 11) is 4.07. The second-order valence-electron chi connectivity index (χ2n) is 4.70. The van der Waals surface area contributed by atoms with Gasteiger partial charge in [-0.1, -0.05) is 13.8 Å². The van der Waals surface area contributed by atoms with Crippen molar-refractivity contribution in [1.82, 2.24) is 0 Å². The number of rotatable bonds is 3. The van der Waals surface area contributed by atoms with E-state index in [2.05, 4.69) is 43.9 Å². The van der Waals surface area contributed by atoms with Gasteiger partial charge in [-0.2, -0.15) is 5.26 Å². The van der Waals surface area contributed by atoms with Crippen molar-refractivity contribution in [2.75, 3.05) is 19.0 Å². The standard InChI is InChI=1S/C14H20N2/c1-10(2)14-9-13(16(4)5)8-12(6-7-15)11(14)3/h8-10H,6H2,1-5H3. The zero-order chi connectivity index (χ0) is 12.3. The Balaban J connectivity index is 3.34. The largest absolute Gasteiger partial charge is 0.378 e. The molecule has 0 aliphatic carbocycles. The van der Waals surface area contributed by atoms with Crippen LogP contribution < -0.4 is 4.90 Å². The molecule has 2 heteroatoms. The minimum Gasteiger partial charge on any atom is -0.378 e. The number of nitriles is 1. The van der Waals surface area contributed by atoms with Crippen molar-refractivity contribution in [1.29, 1.82) is 5.26 Å². The second kappa shape index (κ2) is 5.03.